The SMILES string of the molecule is CCN1CC[C@H]2[C@@H](c3ccccc3)c3cc(C)ccc3[C@H]2C1. The van der Waals surface area contributed by atoms with Crippen LogP contribution in [0.1, 0.15) is 47.4 Å². The second kappa shape index (κ2) is 5.55. The van der Waals surface area contributed by atoms with E-state index in [0.29, 0.717) is 5.92 Å². The van der Waals surface area contributed by atoms with Crippen LogP contribution in [0.2, 0.25) is 0 Å². The first-order valence-corrected chi connectivity index (χ1v) is 8.65. The van der Waals surface area contributed by atoms with Crippen LogP contribution >= 0.6 is 0 Å². The first kappa shape index (κ1) is 14.0. The van der Waals surface area contributed by atoms with Crippen LogP contribution in [-0.2, 0) is 0 Å². The number of rotatable bonds is 2. The van der Waals surface area contributed by atoms with Gasteiger partial charge in [0.25, 0.3) is 0 Å². The molecular weight excluding hydrogens is 266 g/mol. The van der Waals surface area contributed by atoms with E-state index in [2.05, 4.69) is 67.3 Å². The molecule has 2 aromatic rings. The van der Waals surface area contributed by atoms with Crippen molar-refractivity contribution in [1.82, 2.24) is 4.90 Å². The van der Waals surface area contributed by atoms with Gasteiger partial charge in [-0.1, -0.05) is 61.0 Å². The van der Waals surface area contributed by atoms with E-state index in [-0.39, 0.29) is 0 Å². The molecule has 3 atom stereocenters. The summed E-state index contributed by atoms with van der Waals surface area (Å²) in [5, 5.41) is 0. The van der Waals surface area contributed by atoms with Crippen LogP contribution < -0.4 is 0 Å². The van der Waals surface area contributed by atoms with Crippen molar-refractivity contribution in [3.05, 3.63) is 70.8 Å². The van der Waals surface area contributed by atoms with Gasteiger partial charge in [-0.15, -0.1) is 0 Å². The lowest BCUT2D eigenvalue weighted by molar-refractivity contribution is 0.167. The van der Waals surface area contributed by atoms with Gasteiger partial charge in [-0.05, 0) is 49.0 Å². The van der Waals surface area contributed by atoms with Gasteiger partial charge in [-0.3, -0.25) is 0 Å². The lowest BCUT2D eigenvalue weighted by Crippen LogP contribution is -2.38. The Balaban J connectivity index is 1.81. The van der Waals surface area contributed by atoms with E-state index in [1.165, 1.54) is 37.2 Å². The summed E-state index contributed by atoms with van der Waals surface area (Å²) in [6.07, 6.45) is 1.33. The molecule has 1 fully saturated rings. The van der Waals surface area contributed by atoms with E-state index >= 15 is 0 Å². The van der Waals surface area contributed by atoms with E-state index in [1.807, 2.05) is 0 Å². The second-order valence-electron chi connectivity index (χ2n) is 6.97. The second-order valence-corrected chi connectivity index (χ2v) is 6.97. The van der Waals surface area contributed by atoms with Crippen molar-refractivity contribution in [3.8, 4) is 0 Å². The maximum Gasteiger partial charge on any atom is 0.0127 e. The maximum absolute atomic E-state index is 2.62. The predicted octanol–water partition coefficient (Wildman–Crippen LogP) is 4.57. The summed E-state index contributed by atoms with van der Waals surface area (Å²) in [7, 11) is 0. The van der Waals surface area contributed by atoms with Gasteiger partial charge in [0.15, 0.2) is 0 Å². The zero-order valence-corrected chi connectivity index (χ0v) is 13.6. The van der Waals surface area contributed by atoms with Crippen LogP contribution in [0.25, 0.3) is 0 Å². The first-order chi connectivity index (χ1) is 10.8. The van der Waals surface area contributed by atoms with Crippen LogP contribution in [0.3, 0.4) is 0 Å². The Kier molecular flexibility index (Phi) is 3.54. The fraction of sp³-hybridized carbons (Fsp3) is 0.429. The molecular formula is C21H25N. The number of aryl methyl sites for hydroxylation is 1. The molecule has 1 heterocycles. The standard InChI is InChI=1S/C21H25N/c1-3-22-12-11-18-20(14-22)17-10-9-15(2)13-19(17)21(18)16-7-5-4-6-8-16/h4-10,13,18,20-21H,3,11-12,14H2,1-2H3/t18-,20-,21-/m1/s1. The Bertz CT molecular complexity index is 661. The molecule has 2 aliphatic rings. The van der Waals surface area contributed by atoms with Crippen LogP contribution in [-0.4, -0.2) is 24.5 Å². The topological polar surface area (TPSA) is 3.24 Å². The molecule has 2 aromatic carbocycles. The molecule has 1 saturated heterocycles. The summed E-state index contributed by atoms with van der Waals surface area (Å²) in [5.41, 5.74) is 6.11. The molecule has 0 saturated carbocycles. The van der Waals surface area contributed by atoms with E-state index in [0.717, 1.165) is 11.8 Å². The summed E-state index contributed by atoms with van der Waals surface area (Å²) in [6, 6.07) is 18.3. The molecule has 0 aromatic heterocycles. The largest absolute Gasteiger partial charge is 0.303 e. The summed E-state index contributed by atoms with van der Waals surface area (Å²) in [4.78, 5) is 2.62. The van der Waals surface area contributed by atoms with E-state index in [4.69, 9.17) is 0 Å². The third-order valence-corrected chi connectivity index (χ3v) is 5.76. The zero-order chi connectivity index (χ0) is 15.1. The minimum absolute atomic E-state index is 0.597. The molecule has 1 aliphatic heterocycles. The molecule has 1 nitrogen and oxygen atoms in total. The Labute approximate surface area is 134 Å². The van der Waals surface area contributed by atoms with Gasteiger partial charge in [-0.25, -0.2) is 0 Å². The number of benzene rings is 2. The van der Waals surface area contributed by atoms with Gasteiger partial charge in [0, 0.05) is 18.4 Å². The third-order valence-electron chi connectivity index (χ3n) is 5.76. The first-order valence-electron chi connectivity index (χ1n) is 8.65. The van der Waals surface area contributed by atoms with Crippen LogP contribution in [0.5, 0.6) is 0 Å². The van der Waals surface area contributed by atoms with Crippen molar-refractivity contribution in [3.63, 3.8) is 0 Å². The number of nitrogens with zero attached hydrogens (tertiary/aromatic N) is 1. The molecule has 0 amide bonds. The monoisotopic (exact) mass is 291 g/mol. The van der Waals surface area contributed by atoms with Crippen molar-refractivity contribution >= 4 is 0 Å². The highest BCUT2D eigenvalue weighted by molar-refractivity contribution is 5.48. The molecule has 22 heavy (non-hydrogen) atoms. The molecule has 0 bridgehead atoms. The number of likely N-dealkylation sites (N-methyl/N-ethyl adjacent to an activating group) is 1. The van der Waals surface area contributed by atoms with Crippen molar-refractivity contribution < 1.29 is 0 Å². The van der Waals surface area contributed by atoms with Crippen LogP contribution in [0, 0.1) is 12.8 Å². The normalized spacial score (nSPS) is 27.5. The highest BCUT2D eigenvalue weighted by Gasteiger charge is 2.43. The molecule has 1 aliphatic carbocycles. The van der Waals surface area contributed by atoms with Gasteiger partial charge >= 0.3 is 0 Å². The molecule has 1 heteroatoms. The van der Waals surface area contributed by atoms with E-state index in [1.54, 1.807) is 11.1 Å². The Morgan fingerprint density at radius 3 is 2.64 bits per heavy atom. The lowest BCUT2D eigenvalue weighted by atomic mass is 9.78. The summed E-state index contributed by atoms with van der Waals surface area (Å²) >= 11 is 0. The van der Waals surface area contributed by atoms with Gasteiger partial charge < -0.3 is 4.90 Å². The van der Waals surface area contributed by atoms with Crippen molar-refractivity contribution in [2.24, 2.45) is 5.92 Å². The summed E-state index contributed by atoms with van der Waals surface area (Å²) in [5.74, 6) is 2.09. The third kappa shape index (κ3) is 2.19. The average Bonchev–Trinajstić information content (AvgIpc) is 2.88. The fourth-order valence-corrected chi connectivity index (χ4v) is 4.67. The highest BCUT2D eigenvalue weighted by atomic mass is 15.1. The lowest BCUT2D eigenvalue weighted by Gasteiger charge is -2.37. The molecule has 0 radical (unpaired) electrons. The van der Waals surface area contributed by atoms with Crippen molar-refractivity contribution in [1.29, 1.82) is 0 Å². The predicted molar refractivity (Wildman–Crippen MR) is 92.4 cm³/mol. The van der Waals surface area contributed by atoms with Crippen molar-refractivity contribution in [2.45, 2.75) is 32.1 Å². The fourth-order valence-electron chi connectivity index (χ4n) is 4.67. The smallest absolute Gasteiger partial charge is 0.0127 e. The summed E-state index contributed by atoms with van der Waals surface area (Å²) in [6.45, 7) is 8.19. The van der Waals surface area contributed by atoms with Gasteiger partial charge in [0.1, 0.15) is 0 Å². The Morgan fingerprint density at radius 2 is 1.86 bits per heavy atom. The minimum atomic E-state index is 0.597. The Hall–Kier alpha value is -1.60. The van der Waals surface area contributed by atoms with Gasteiger partial charge in [0.05, 0.1) is 0 Å². The molecule has 114 valence electrons. The minimum Gasteiger partial charge on any atom is -0.303 e. The average molecular weight is 291 g/mol. The number of fused-ring (bicyclic) bond motifs is 3. The number of hydrogen-bond donors (Lipinski definition) is 0. The highest BCUT2D eigenvalue weighted by Crippen LogP contribution is 2.53. The molecule has 0 N–H and O–H groups in total. The number of likely N-dealkylation sites (tertiary alicyclic amines) is 1. The molecule has 0 spiro atoms. The van der Waals surface area contributed by atoms with Crippen LogP contribution in [0.4, 0.5) is 0 Å². The number of piperidine rings is 1. The number of hydrogen-bond acceptors (Lipinski definition) is 1. The van der Waals surface area contributed by atoms with Crippen molar-refractivity contribution in [2.75, 3.05) is 19.6 Å². The Morgan fingerprint density at radius 1 is 1.05 bits per heavy atom. The van der Waals surface area contributed by atoms with E-state index in [9.17, 15) is 0 Å². The van der Waals surface area contributed by atoms with Gasteiger partial charge in [-0.2, -0.15) is 0 Å². The quantitative estimate of drug-likeness (QED) is 0.783. The molecule has 4 rings (SSSR count). The molecule has 0 unspecified atom stereocenters. The summed E-state index contributed by atoms with van der Waals surface area (Å²) < 4.78 is 0. The van der Waals surface area contributed by atoms with Gasteiger partial charge in [0.2, 0.25) is 0 Å². The maximum atomic E-state index is 2.62. The van der Waals surface area contributed by atoms with E-state index < -0.39 is 0 Å². The van der Waals surface area contributed by atoms with Crippen LogP contribution in [0.15, 0.2) is 48.5 Å². The zero-order valence-electron chi connectivity index (χ0n) is 13.6.